The van der Waals surface area contributed by atoms with Crippen molar-refractivity contribution in [3.05, 3.63) is 54.1 Å². The molecule has 2 fully saturated rings. The summed E-state index contributed by atoms with van der Waals surface area (Å²) in [5.41, 5.74) is 0.924. The summed E-state index contributed by atoms with van der Waals surface area (Å²) in [7, 11) is -5.90. The maximum Gasteiger partial charge on any atom is 0.243 e. The molecule has 0 saturated carbocycles. The second kappa shape index (κ2) is 10.1. The molecule has 2 aromatic rings. The summed E-state index contributed by atoms with van der Waals surface area (Å²) in [6, 6.07) is 12.8. The van der Waals surface area contributed by atoms with E-state index in [1.54, 1.807) is 11.4 Å². The predicted molar refractivity (Wildman–Crippen MR) is 124 cm³/mol. The van der Waals surface area contributed by atoms with E-state index in [9.17, 15) is 16.8 Å². The Morgan fingerprint density at radius 3 is 2.00 bits per heavy atom. The molecule has 4 rings (SSSR count). The molecule has 8 nitrogen and oxygen atoms in total. The molecule has 2 aliphatic rings. The van der Waals surface area contributed by atoms with Gasteiger partial charge in [0, 0.05) is 19.6 Å². The summed E-state index contributed by atoms with van der Waals surface area (Å²) in [4.78, 5) is 0.190. The third-order valence-corrected chi connectivity index (χ3v) is 10.1. The molecule has 10 heteroatoms. The Bertz CT molecular complexity index is 1140. The smallest absolute Gasteiger partial charge is 0.243 e. The maximum absolute atomic E-state index is 13.6. The summed E-state index contributed by atoms with van der Waals surface area (Å²) < 4.78 is 66.4. The van der Waals surface area contributed by atoms with Crippen LogP contribution in [0.4, 0.5) is 0 Å². The lowest BCUT2D eigenvalue weighted by Gasteiger charge is -2.30. The lowest BCUT2D eigenvalue weighted by molar-refractivity contribution is 0.0730. The molecule has 1 unspecified atom stereocenters. The predicted octanol–water partition coefficient (Wildman–Crippen LogP) is 3.02. The first-order chi connectivity index (χ1) is 15.8. The molecule has 180 valence electrons. The van der Waals surface area contributed by atoms with Gasteiger partial charge >= 0.3 is 0 Å². The van der Waals surface area contributed by atoms with Crippen LogP contribution in [-0.2, 0) is 24.8 Å². The summed E-state index contributed by atoms with van der Waals surface area (Å²) in [5.74, 6) is 0.721. The van der Waals surface area contributed by atoms with Gasteiger partial charge < -0.3 is 9.47 Å². The molecule has 0 aromatic heterocycles. The molecule has 33 heavy (non-hydrogen) atoms. The average Bonchev–Trinajstić information content (AvgIpc) is 3.11. The SMILES string of the molecule is COc1ccc(C2CCCCCN2S(=O)(=O)c2ccc(S(=O)(=O)N3CCOCC3)cc2)cc1. The van der Waals surface area contributed by atoms with Gasteiger partial charge in [-0.15, -0.1) is 0 Å². The molecule has 2 heterocycles. The van der Waals surface area contributed by atoms with E-state index >= 15 is 0 Å². The van der Waals surface area contributed by atoms with Crippen LogP contribution in [-0.4, -0.2) is 65.4 Å². The molecule has 2 aliphatic heterocycles. The van der Waals surface area contributed by atoms with Crippen LogP contribution < -0.4 is 4.74 Å². The van der Waals surface area contributed by atoms with Crippen LogP contribution >= 0.6 is 0 Å². The lowest BCUT2D eigenvalue weighted by Crippen LogP contribution is -2.40. The number of hydrogen-bond donors (Lipinski definition) is 0. The van der Waals surface area contributed by atoms with Gasteiger partial charge in [-0.1, -0.05) is 25.0 Å². The van der Waals surface area contributed by atoms with Gasteiger partial charge in [-0.3, -0.25) is 0 Å². The van der Waals surface area contributed by atoms with Gasteiger partial charge in [0.1, 0.15) is 5.75 Å². The van der Waals surface area contributed by atoms with E-state index in [1.807, 2.05) is 24.3 Å². The van der Waals surface area contributed by atoms with Gasteiger partial charge in [-0.05, 0) is 54.8 Å². The second-order valence-electron chi connectivity index (χ2n) is 8.24. The highest BCUT2D eigenvalue weighted by Crippen LogP contribution is 2.35. The van der Waals surface area contributed by atoms with Crippen molar-refractivity contribution in [1.29, 1.82) is 0 Å². The minimum atomic E-state index is -3.81. The summed E-state index contributed by atoms with van der Waals surface area (Å²) in [5, 5.41) is 0. The zero-order valence-electron chi connectivity index (χ0n) is 18.7. The number of methoxy groups -OCH3 is 1. The molecular weight excluding hydrogens is 464 g/mol. The Kier molecular flexibility index (Phi) is 7.40. The largest absolute Gasteiger partial charge is 0.497 e. The van der Waals surface area contributed by atoms with Crippen LogP contribution in [0.25, 0.3) is 0 Å². The number of sulfonamides is 2. The van der Waals surface area contributed by atoms with Crippen LogP contribution in [0, 0.1) is 0 Å². The van der Waals surface area contributed by atoms with E-state index in [2.05, 4.69) is 0 Å². The highest BCUT2D eigenvalue weighted by molar-refractivity contribution is 7.89. The fourth-order valence-corrected chi connectivity index (χ4v) is 7.47. The van der Waals surface area contributed by atoms with Crippen molar-refractivity contribution in [2.45, 2.75) is 41.5 Å². The van der Waals surface area contributed by atoms with E-state index in [0.29, 0.717) is 32.8 Å². The summed E-state index contributed by atoms with van der Waals surface area (Å²) in [6.45, 7) is 1.72. The van der Waals surface area contributed by atoms with Gasteiger partial charge in [0.25, 0.3) is 0 Å². The molecular formula is C23H30N2O6S2. The van der Waals surface area contributed by atoms with Crippen molar-refractivity contribution >= 4 is 20.0 Å². The van der Waals surface area contributed by atoms with E-state index in [4.69, 9.17) is 9.47 Å². The summed E-state index contributed by atoms with van der Waals surface area (Å²) >= 11 is 0. The minimum Gasteiger partial charge on any atom is -0.497 e. The maximum atomic E-state index is 13.6. The van der Waals surface area contributed by atoms with Crippen LogP contribution in [0.2, 0.25) is 0 Å². The third kappa shape index (κ3) is 5.09. The first-order valence-electron chi connectivity index (χ1n) is 11.2. The Morgan fingerprint density at radius 2 is 1.39 bits per heavy atom. The van der Waals surface area contributed by atoms with Crippen molar-refractivity contribution in [3.8, 4) is 5.75 Å². The highest BCUT2D eigenvalue weighted by Gasteiger charge is 2.34. The molecule has 0 N–H and O–H groups in total. The van der Waals surface area contributed by atoms with E-state index in [-0.39, 0.29) is 15.8 Å². The average molecular weight is 495 g/mol. The zero-order valence-corrected chi connectivity index (χ0v) is 20.4. The van der Waals surface area contributed by atoms with Crippen molar-refractivity contribution in [3.63, 3.8) is 0 Å². The van der Waals surface area contributed by atoms with Crippen LogP contribution in [0.3, 0.4) is 0 Å². The molecule has 1 atom stereocenters. The Hall–Kier alpha value is -1.98. The third-order valence-electron chi connectivity index (χ3n) is 6.24. The Labute approximate surface area is 196 Å². The van der Waals surface area contributed by atoms with E-state index in [1.165, 1.54) is 28.6 Å². The van der Waals surface area contributed by atoms with Crippen molar-refractivity contribution in [2.75, 3.05) is 40.0 Å². The minimum absolute atomic E-state index is 0.0888. The van der Waals surface area contributed by atoms with Crippen molar-refractivity contribution in [1.82, 2.24) is 8.61 Å². The van der Waals surface area contributed by atoms with Gasteiger partial charge in [0.15, 0.2) is 0 Å². The first kappa shape index (κ1) is 24.2. The normalized spacial score (nSPS) is 21.4. The van der Waals surface area contributed by atoms with E-state index in [0.717, 1.165) is 37.0 Å². The number of ether oxygens (including phenoxy) is 2. The fourth-order valence-electron chi connectivity index (χ4n) is 4.38. The zero-order chi connectivity index (χ0) is 23.5. The fraction of sp³-hybridized carbons (Fsp3) is 0.478. The van der Waals surface area contributed by atoms with Crippen molar-refractivity contribution < 1.29 is 26.3 Å². The van der Waals surface area contributed by atoms with Gasteiger partial charge in [-0.2, -0.15) is 8.61 Å². The Balaban J connectivity index is 1.62. The lowest BCUT2D eigenvalue weighted by atomic mass is 10.0. The molecule has 2 saturated heterocycles. The van der Waals surface area contributed by atoms with E-state index < -0.39 is 20.0 Å². The van der Waals surface area contributed by atoms with Gasteiger partial charge in [0.2, 0.25) is 20.0 Å². The molecule has 2 aromatic carbocycles. The van der Waals surface area contributed by atoms with Crippen LogP contribution in [0.1, 0.15) is 37.3 Å². The van der Waals surface area contributed by atoms with Crippen LogP contribution in [0.5, 0.6) is 5.75 Å². The highest BCUT2D eigenvalue weighted by atomic mass is 32.2. The topological polar surface area (TPSA) is 93.2 Å². The second-order valence-corrected chi connectivity index (χ2v) is 12.1. The standard InChI is InChI=1S/C23H30N2O6S2/c1-30-20-8-6-19(7-9-20)23-5-3-2-4-14-25(23)33(28,29)22-12-10-21(11-13-22)32(26,27)24-15-17-31-18-16-24/h6-13,23H,2-5,14-18H2,1H3. The molecule has 0 spiro atoms. The number of nitrogens with zero attached hydrogens (tertiary/aromatic N) is 2. The van der Waals surface area contributed by atoms with Gasteiger partial charge in [-0.25, -0.2) is 16.8 Å². The van der Waals surface area contributed by atoms with Gasteiger partial charge in [0.05, 0.1) is 36.2 Å². The molecule has 0 radical (unpaired) electrons. The molecule has 0 amide bonds. The number of benzene rings is 2. The number of morpholine rings is 1. The molecule has 0 bridgehead atoms. The first-order valence-corrected chi connectivity index (χ1v) is 14.1. The molecule has 0 aliphatic carbocycles. The van der Waals surface area contributed by atoms with Crippen LogP contribution in [0.15, 0.2) is 58.3 Å². The Morgan fingerprint density at radius 1 is 0.788 bits per heavy atom. The number of rotatable bonds is 6. The summed E-state index contributed by atoms with van der Waals surface area (Å²) in [6.07, 6.45) is 3.43. The monoisotopic (exact) mass is 494 g/mol. The quantitative estimate of drug-likeness (QED) is 0.613. The van der Waals surface area contributed by atoms with Crippen molar-refractivity contribution in [2.24, 2.45) is 0 Å². The number of hydrogen-bond acceptors (Lipinski definition) is 6.